The number of hydrogen-bond donors (Lipinski definition) is 1. The Morgan fingerprint density at radius 3 is 2.18 bits per heavy atom. The summed E-state index contributed by atoms with van der Waals surface area (Å²) in [6.45, 7) is -2.88. The summed E-state index contributed by atoms with van der Waals surface area (Å²) in [6, 6.07) is 4.74. The van der Waals surface area contributed by atoms with E-state index in [0.717, 1.165) is 0 Å². The van der Waals surface area contributed by atoms with Crippen LogP contribution in [-0.4, -0.2) is 36.7 Å². The minimum Gasteiger partial charge on any atom is -0.480 e. The molecule has 0 radical (unpaired) electrons. The predicted octanol–water partition coefficient (Wildman–Crippen LogP) is 1.98. The molecule has 0 amide bonds. The number of carboxylic acids is 1. The van der Waals surface area contributed by atoms with Crippen molar-refractivity contribution in [3.8, 4) is 5.75 Å². The molecule has 0 spiro atoms. The molecule has 0 aliphatic rings. The topological polar surface area (TPSA) is 49.8 Å². The molecule has 94 valence electrons. The molecular weight excluding hydrogens is 232 g/mol. The summed E-state index contributed by atoms with van der Waals surface area (Å²) < 4.78 is 28.0. The van der Waals surface area contributed by atoms with E-state index in [0.29, 0.717) is 5.56 Å². The van der Waals surface area contributed by atoms with Crippen molar-refractivity contribution in [3.63, 3.8) is 0 Å². The van der Waals surface area contributed by atoms with Gasteiger partial charge in [-0.2, -0.15) is 8.78 Å². The molecule has 0 saturated carbocycles. The van der Waals surface area contributed by atoms with E-state index in [9.17, 15) is 13.6 Å². The van der Waals surface area contributed by atoms with Crippen molar-refractivity contribution < 1.29 is 23.4 Å². The Morgan fingerprint density at radius 1 is 1.29 bits per heavy atom. The molecule has 1 rings (SSSR count). The highest BCUT2D eigenvalue weighted by Gasteiger charge is 2.21. The normalized spacial score (nSPS) is 12.8. The van der Waals surface area contributed by atoms with Crippen molar-refractivity contribution in [2.24, 2.45) is 0 Å². The van der Waals surface area contributed by atoms with E-state index in [-0.39, 0.29) is 5.75 Å². The molecular formula is C11H13F2NO3. The van der Waals surface area contributed by atoms with Crippen LogP contribution in [0.2, 0.25) is 0 Å². The van der Waals surface area contributed by atoms with Gasteiger partial charge in [-0.1, -0.05) is 12.1 Å². The summed E-state index contributed by atoms with van der Waals surface area (Å²) in [6.07, 6.45) is 0. The third kappa shape index (κ3) is 3.67. The van der Waals surface area contributed by atoms with Gasteiger partial charge in [0.15, 0.2) is 0 Å². The maximum Gasteiger partial charge on any atom is 0.387 e. The quantitative estimate of drug-likeness (QED) is 0.861. The van der Waals surface area contributed by atoms with Gasteiger partial charge in [-0.15, -0.1) is 0 Å². The average Bonchev–Trinajstić information content (AvgIpc) is 2.18. The second-order valence-electron chi connectivity index (χ2n) is 3.65. The third-order valence-electron chi connectivity index (χ3n) is 2.17. The number of nitrogens with zero attached hydrogens (tertiary/aromatic N) is 1. The van der Waals surface area contributed by atoms with Crippen LogP contribution in [0.25, 0.3) is 0 Å². The Kier molecular flexibility index (Phi) is 4.39. The lowest BCUT2D eigenvalue weighted by Crippen LogP contribution is -2.27. The van der Waals surface area contributed by atoms with E-state index in [1.807, 2.05) is 0 Å². The van der Waals surface area contributed by atoms with Gasteiger partial charge >= 0.3 is 12.6 Å². The molecule has 17 heavy (non-hydrogen) atoms. The molecule has 1 aromatic rings. The smallest absolute Gasteiger partial charge is 0.387 e. The lowest BCUT2D eigenvalue weighted by Gasteiger charge is -2.20. The van der Waals surface area contributed by atoms with Crippen molar-refractivity contribution in [1.82, 2.24) is 4.90 Å². The summed E-state index contributed by atoms with van der Waals surface area (Å²) in [5, 5.41) is 9.02. The minimum absolute atomic E-state index is 0.00615. The average molecular weight is 245 g/mol. The van der Waals surface area contributed by atoms with Gasteiger partial charge in [0, 0.05) is 0 Å². The van der Waals surface area contributed by atoms with E-state index in [1.54, 1.807) is 14.1 Å². The fraction of sp³-hybridized carbons (Fsp3) is 0.364. The molecule has 0 aromatic heterocycles. The summed E-state index contributed by atoms with van der Waals surface area (Å²) in [5.41, 5.74) is 0.504. The van der Waals surface area contributed by atoms with Crippen molar-refractivity contribution in [2.45, 2.75) is 12.7 Å². The Balaban J connectivity index is 2.88. The van der Waals surface area contributed by atoms with E-state index in [2.05, 4.69) is 4.74 Å². The highest BCUT2D eigenvalue weighted by molar-refractivity contribution is 5.75. The Labute approximate surface area is 97.4 Å². The molecule has 0 bridgehead atoms. The first-order valence-electron chi connectivity index (χ1n) is 4.86. The zero-order valence-corrected chi connectivity index (χ0v) is 9.43. The first kappa shape index (κ1) is 13.4. The van der Waals surface area contributed by atoms with Crippen LogP contribution in [0.1, 0.15) is 11.6 Å². The van der Waals surface area contributed by atoms with Crippen molar-refractivity contribution in [3.05, 3.63) is 29.8 Å². The van der Waals surface area contributed by atoms with Crippen LogP contribution in [0.4, 0.5) is 8.78 Å². The van der Waals surface area contributed by atoms with Crippen LogP contribution in [-0.2, 0) is 4.79 Å². The Bertz CT molecular complexity index is 379. The lowest BCUT2D eigenvalue weighted by atomic mass is 10.1. The molecule has 4 nitrogen and oxygen atoms in total. The van der Waals surface area contributed by atoms with Crippen molar-refractivity contribution in [1.29, 1.82) is 0 Å². The SMILES string of the molecule is CN(C)C(C(=O)O)c1ccc(OC(F)F)cc1. The number of likely N-dealkylation sites (N-methyl/N-ethyl adjacent to an activating group) is 1. The third-order valence-corrected chi connectivity index (χ3v) is 2.17. The van der Waals surface area contributed by atoms with Crippen LogP contribution in [0.3, 0.4) is 0 Å². The van der Waals surface area contributed by atoms with Crippen LogP contribution in [0.5, 0.6) is 5.75 Å². The fourth-order valence-electron chi connectivity index (χ4n) is 1.49. The summed E-state index contributed by atoms with van der Waals surface area (Å²) in [5.74, 6) is -0.996. The number of ether oxygens (including phenoxy) is 1. The van der Waals surface area contributed by atoms with E-state index >= 15 is 0 Å². The first-order chi connectivity index (χ1) is 7.91. The molecule has 1 N–H and O–H groups in total. The van der Waals surface area contributed by atoms with E-state index in [1.165, 1.54) is 29.2 Å². The van der Waals surface area contributed by atoms with Gasteiger partial charge in [0.05, 0.1) is 0 Å². The predicted molar refractivity (Wildman–Crippen MR) is 57.1 cm³/mol. The van der Waals surface area contributed by atoms with Crippen molar-refractivity contribution in [2.75, 3.05) is 14.1 Å². The number of benzene rings is 1. The van der Waals surface area contributed by atoms with Gasteiger partial charge in [-0.05, 0) is 31.8 Å². The number of hydrogen-bond acceptors (Lipinski definition) is 3. The van der Waals surface area contributed by atoms with Gasteiger partial charge in [0.1, 0.15) is 11.8 Å². The number of rotatable bonds is 5. The Hall–Kier alpha value is -1.69. The molecule has 0 fully saturated rings. The van der Waals surface area contributed by atoms with Crippen LogP contribution >= 0.6 is 0 Å². The van der Waals surface area contributed by atoms with E-state index < -0.39 is 18.6 Å². The lowest BCUT2D eigenvalue weighted by molar-refractivity contribution is -0.142. The minimum atomic E-state index is -2.88. The molecule has 1 unspecified atom stereocenters. The number of halogens is 2. The second-order valence-corrected chi connectivity index (χ2v) is 3.65. The molecule has 0 aliphatic heterocycles. The molecule has 0 aliphatic carbocycles. The van der Waals surface area contributed by atoms with Crippen LogP contribution < -0.4 is 4.74 Å². The number of carbonyl (C=O) groups is 1. The summed E-state index contributed by atoms with van der Waals surface area (Å²) >= 11 is 0. The zero-order chi connectivity index (χ0) is 13.0. The molecule has 6 heteroatoms. The molecule has 1 aromatic carbocycles. The maximum atomic E-state index is 11.9. The highest BCUT2D eigenvalue weighted by Crippen LogP contribution is 2.22. The van der Waals surface area contributed by atoms with Gasteiger partial charge in [0.25, 0.3) is 0 Å². The largest absolute Gasteiger partial charge is 0.480 e. The van der Waals surface area contributed by atoms with Gasteiger partial charge in [-0.3, -0.25) is 9.69 Å². The number of carboxylic acid groups (broad SMARTS) is 1. The van der Waals surface area contributed by atoms with E-state index in [4.69, 9.17) is 5.11 Å². The zero-order valence-electron chi connectivity index (χ0n) is 9.43. The first-order valence-corrected chi connectivity index (χ1v) is 4.86. The Morgan fingerprint density at radius 2 is 1.82 bits per heavy atom. The van der Waals surface area contributed by atoms with Crippen LogP contribution in [0, 0.1) is 0 Å². The fourth-order valence-corrected chi connectivity index (χ4v) is 1.49. The maximum absolute atomic E-state index is 11.9. The number of aliphatic carboxylic acids is 1. The second kappa shape index (κ2) is 5.58. The van der Waals surface area contributed by atoms with Gasteiger partial charge < -0.3 is 9.84 Å². The number of alkyl halides is 2. The molecule has 0 heterocycles. The van der Waals surface area contributed by atoms with Crippen LogP contribution in [0.15, 0.2) is 24.3 Å². The molecule has 1 atom stereocenters. The summed E-state index contributed by atoms with van der Waals surface area (Å²) in [7, 11) is 3.25. The van der Waals surface area contributed by atoms with Crippen molar-refractivity contribution >= 4 is 5.97 Å². The van der Waals surface area contributed by atoms with Gasteiger partial charge in [0.2, 0.25) is 0 Å². The van der Waals surface area contributed by atoms with Gasteiger partial charge in [-0.25, -0.2) is 0 Å². The highest BCUT2D eigenvalue weighted by atomic mass is 19.3. The summed E-state index contributed by atoms with van der Waals surface area (Å²) in [4.78, 5) is 12.5. The molecule has 0 saturated heterocycles. The standard InChI is InChI=1S/C11H13F2NO3/c1-14(2)9(10(15)16)7-3-5-8(6-4-7)17-11(12)13/h3-6,9,11H,1-2H3,(H,15,16). The monoisotopic (exact) mass is 245 g/mol.